The monoisotopic (exact) mass is 264 g/mol. The number of aliphatic hydroxyl groups is 1. The van der Waals surface area contributed by atoms with Gasteiger partial charge in [-0.05, 0) is 26.2 Å². The Morgan fingerprint density at radius 2 is 1.88 bits per heavy atom. The maximum atomic E-state index is 12.2. The van der Waals surface area contributed by atoms with Crippen molar-refractivity contribution < 1.29 is 13.5 Å². The van der Waals surface area contributed by atoms with Crippen LogP contribution in [0.2, 0.25) is 0 Å². The van der Waals surface area contributed by atoms with Gasteiger partial charge >= 0.3 is 0 Å². The molecule has 1 heterocycles. The highest BCUT2D eigenvalue weighted by Crippen LogP contribution is 2.23. The smallest absolute Gasteiger partial charge is 0.281 e. The van der Waals surface area contributed by atoms with Crippen LogP contribution in [0.15, 0.2) is 0 Å². The molecule has 1 aliphatic rings. The van der Waals surface area contributed by atoms with Crippen molar-refractivity contribution in [1.29, 1.82) is 0 Å². The topological polar surface area (TPSA) is 60.9 Å². The maximum absolute atomic E-state index is 12.2. The summed E-state index contributed by atoms with van der Waals surface area (Å²) in [5, 5.41) is 9.80. The quantitative estimate of drug-likeness (QED) is 0.799. The van der Waals surface area contributed by atoms with E-state index in [2.05, 4.69) is 0 Å². The van der Waals surface area contributed by atoms with Gasteiger partial charge in [-0.2, -0.15) is 17.0 Å². The third kappa shape index (κ3) is 3.91. The molecule has 0 aromatic heterocycles. The van der Waals surface area contributed by atoms with E-state index in [1.165, 1.54) is 8.61 Å². The minimum Gasteiger partial charge on any atom is -0.390 e. The third-order valence-electron chi connectivity index (χ3n) is 3.35. The molecular formula is C11H24N2O3S. The van der Waals surface area contributed by atoms with Crippen LogP contribution < -0.4 is 0 Å². The fourth-order valence-corrected chi connectivity index (χ4v) is 3.29. The van der Waals surface area contributed by atoms with Crippen molar-refractivity contribution in [2.45, 2.75) is 45.1 Å². The number of nitrogens with zero attached hydrogens (tertiary/aromatic N) is 2. The van der Waals surface area contributed by atoms with E-state index in [-0.39, 0.29) is 0 Å². The highest BCUT2D eigenvalue weighted by molar-refractivity contribution is 7.86. The highest BCUT2D eigenvalue weighted by Gasteiger charge is 2.34. The summed E-state index contributed by atoms with van der Waals surface area (Å²) in [6.07, 6.45) is 2.87. The van der Waals surface area contributed by atoms with Crippen molar-refractivity contribution in [2.24, 2.45) is 0 Å². The standard InChI is InChI=1S/C11H24N2O3S/c1-4-5-8-12(3)17(15,16)13-9-6-11(2,14)7-10-13/h14H,4-10H2,1-3H3. The summed E-state index contributed by atoms with van der Waals surface area (Å²) in [5.41, 5.74) is -0.714. The van der Waals surface area contributed by atoms with Gasteiger partial charge in [0.1, 0.15) is 0 Å². The van der Waals surface area contributed by atoms with Crippen LogP contribution in [-0.2, 0) is 10.2 Å². The highest BCUT2D eigenvalue weighted by atomic mass is 32.2. The van der Waals surface area contributed by atoms with Crippen LogP contribution in [0.1, 0.15) is 39.5 Å². The molecular weight excluding hydrogens is 240 g/mol. The van der Waals surface area contributed by atoms with Gasteiger partial charge in [0.15, 0.2) is 0 Å². The maximum Gasteiger partial charge on any atom is 0.281 e. The molecule has 0 aliphatic carbocycles. The van der Waals surface area contributed by atoms with Gasteiger partial charge in [-0.15, -0.1) is 0 Å². The van der Waals surface area contributed by atoms with E-state index in [1.54, 1.807) is 14.0 Å². The van der Waals surface area contributed by atoms with E-state index in [0.29, 0.717) is 32.5 Å². The summed E-state index contributed by atoms with van der Waals surface area (Å²) in [5.74, 6) is 0. The molecule has 0 aromatic carbocycles. The Morgan fingerprint density at radius 1 is 1.35 bits per heavy atom. The van der Waals surface area contributed by atoms with Crippen LogP contribution in [0.5, 0.6) is 0 Å². The van der Waals surface area contributed by atoms with Gasteiger partial charge in [0.2, 0.25) is 0 Å². The lowest BCUT2D eigenvalue weighted by molar-refractivity contribution is 0.0116. The molecule has 0 bridgehead atoms. The largest absolute Gasteiger partial charge is 0.390 e. The van der Waals surface area contributed by atoms with Gasteiger partial charge in [0.05, 0.1) is 5.60 Å². The van der Waals surface area contributed by atoms with Gasteiger partial charge in [0, 0.05) is 26.7 Å². The molecule has 0 radical (unpaired) electrons. The lowest BCUT2D eigenvalue weighted by atomic mass is 9.95. The van der Waals surface area contributed by atoms with E-state index in [0.717, 1.165) is 12.8 Å². The van der Waals surface area contributed by atoms with E-state index >= 15 is 0 Å². The fourth-order valence-electron chi connectivity index (χ4n) is 1.89. The zero-order chi connectivity index (χ0) is 13.1. The normalized spacial score (nSPS) is 21.9. The molecule has 0 aromatic rings. The number of hydrogen-bond acceptors (Lipinski definition) is 3. The molecule has 5 nitrogen and oxygen atoms in total. The summed E-state index contributed by atoms with van der Waals surface area (Å²) in [6.45, 7) is 5.18. The Hall–Kier alpha value is -0.170. The zero-order valence-electron chi connectivity index (χ0n) is 11.0. The summed E-state index contributed by atoms with van der Waals surface area (Å²) < 4.78 is 27.2. The van der Waals surface area contributed by atoms with E-state index in [9.17, 15) is 13.5 Å². The molecule has 102 valence electrons. The summed E-state index contributed by atoms with van der Waals surface area (Å²) in [7, 11) is -1.71. The van der Waals surface area contributed by atoms with E-state index in [4.69, 9.17) is 0 Å². The van der Waals surface area contributed by atoms with Gasteiger partial charge < -0.3 is 5.11 Å². The summed E-state index contributed by atoms with van der Waals surface area (Å²) >= 11 is 0. The second kappa shape index (κ2) is 5.65. The average Bonchev–Trinajstić information content (AvgIpc) is 2.25. The number of hydrogen-bond donors (Lipinski definition) is 1. The first-order chi connectivity index (χ1) is 7.79. The van der Waals surface area contributed by atoms with Crippen LogP contribution in [-0.4, -0.2) is 54.4 Å². The Bertz CT molecular complexity index is 331. The molecule has 0 spiro atoms. The Labute approximate surface area is 105 Å². The minimum absolute atomic E-state index is 0.409. The predicted octanol–water partition coefficient (Wildman–Crippen LogP) is 0.810. The molecule has 1 N–H and O–H groups in total. The van der Waals surface area contributed by atoms with Crippen molar-refractivity contribution in [3.63, 3.8) is 0 Å². The van der Waals surface area contributed by atoms with Crippen molar-refractivity contribution in [3.8, 4) is 0 Å². The number of piperidine rings is 1. The SMILES string of the molecule is CCCCN(C)S(=O)(=O)N1CCC(C)(O)CC1. The van der Waals surface area contributed by atoms with Crippen LogP contribution in [0.3, 0.4) is 0 Å². The predicted molar refractivity (Wildman–Crippen MR) is 67.9 cm³/mol. The molecule has 0 amide bonds. The van der Waals surface area contributed by atoms with Gasteiger partial charge in [-0.3, -0.25) is 0 Å². The van der Waals surface area contributed by atoms with Gasteiger partial charge in [0.25, 0.3) is 10.2 Å². The van der Waals surface area contributed by atoms with Crippen LogP contribution in [0, 0.1) is 0 Å². The van der Waals surface area contributed by atoms with E-state index in [1.807, 2.05) is 6.92 Å². The average molecular weight is 264 g/mol. The lowest BCUT2D eigenvalue weighted by Gasteiger charge is -2.36. The van der Waals surface area contributed by atoms with Crippen LogP contribution >= 0.6 is 0 Å². The minimum atomic E-state index is -3.33. The zero-order valence-corrected chi connectivity index (χ0v) is 11.8. The fraction of sp³-hybridized carbons (Fsp3) is 1.00. The van der Waals surface area contributed by atoms with Crippen LogP contribution in [0.4, 0.5) is 0 Å². The van der Waals surface area contributed by atoms with Crippen molar-refractivity contribution in [3.05, 3.63) is 0 Å². The Balaban J connectivity index is 2.60. The molecule has 1 aliphatic heterocycles. The van der Waals surface area contributed by atoms with Crippen LogP contribution in [0.25, 0.3) is 0 Å². The molecule has 1 saturated heterocycles. The van der Waals surface area contributed by atoms with Crippen molar-refractivity contribution in [2.75, 3.05) is 26.7 Å². The Morgan fingerprint density at radius 3 is 2.35 bits per heavy atom. The molecule has 6 heteroatoms. The van der Waals surface area contributed by atoms with Gasteiger partial charge in [-0.1, -0.05) is 13.3 Å². The third-order valence-corrected chi connectivity index (χ3v) is 5.33. The van der Waals surface area contributed by atoms with Crippen molar-refractivity contribution in [1.82, 2.24) is 8.61 Å². The second-order valence-corrected chi connectivity index (χ2v) is 7.11. The Kier molecular flexibility index (Phi) is 4.95. The first-order valence-corrected chi connectivity index (χ1v) is 7.63. The molecule has 1 fully saturated rings. The molecule has 0 unspecified atom stereocenters. The van der Waals surface area contributed by atoms with Gasteiger partial charge in [-0.25, -0.2) is 0 Å². The van der Waals surface area contributed by atoms with E-state index < -0.39 is 15.8 Å². The number of unbranched alkanes of at least 4 members (excludes halogenated alkanes) is 1. The number of rotatable bonds is 5. The first-order valence-electron chi connectivity index (χ1n) is 6.23. The summed E-state index contributed by atoms with van der Waals surface area (Å²) in [6, 6.07) is 0. The molecule has 1 rings (SSSR count). The van der Waals surface area contributed by atoms with Crippen molar-refractivity contribution >= 4 is 10.2 Å². The first kappa shape index (κ1) is 14.9. The summed E-state index contributed by atoms with van der Waals surface area (Å²) in [4.78, 5) is 0. The lowest BCUT2D eigenvalue weighted by Crippen LogP contribution is -2.49. The molecule has 0 saturated carbocycles. The second-order valence-electron chi connectivity index (χ2n) is 5.08. The molecule has 0 atom stereocenters. The molecule has 17 heavy (non-hydrogen) atoms.